The monoisotopic (exact) mass is 501 g/mol. The van der Waals surface area contributed by atoms with Gasteiger partial charge in [0.05, 0.1) is 17.9 Å². The van der Waals surface area contributed by atoms with Gasteiger partial charge in [-0.1, -0.05) is 43.0 Å². The highest BCUT2D eigenvalue weighted by Crippen LogP contribution is 2.55. The lowest BCUT2D eigenvalue weighted by molar-refractivity contribution is -0.141. The van der Waals surface area contributed by atoms with Crippen molar-refractivity contribution in [3.8, 4) is 0 Å². The summed E-state index contributed by atoms with van der Waals surface area (Å²) in [6, 6.07) is 6.11. The summed E-state index contributed by atoms with van der Waals surface area (Å²) in [5.41, 5.74) is -0.551. The van der Waals surface area contributed by atoms with E-state index in [0.717, 1.165) is 25.7 Å². The zero-order chi connectivity index (χ0) is 24.6. The minimum atomic E-state index is -1.14. The summed E-state index contributed by atoms with van der Waals surface area (Å²) < 4.78 is 11.5. The van der Waals surface area contributed by atoms with E-state index >= 15 is 0 Å². The first-order valence-electron chi connectivity index (χ1n) is 12.5. The lowest BCUT2D eigenvalue weighted by Crippen LogP contribution is -2.56. The summed E-state index contributed by atoms with van der Waals surface area (Å²) in [5.74, 6) is -2.19. The Hall–Kier alpha value is -2.42. The Labute approximate surface area is 210 Å². The molecule has 1 aromatic rings. The highest BCUT2D eigenvalue weighted by Gasteiger charge is 2.72. The predicted octanol–water partition coefficient (Wildman–Crippen LogP) is 2.91. The summed E-state index contributed by atoms with van der Waals surface area (Å²) >= 11 is 5.96. The molecule has 1 saturated carbocycles. The second-order valence-corrected chi connectivity index (χ2v) is 10.4. The van der Waals surface area contributed by atoms with Gasteiger partial charge in [-0.2, -0.15) is 0 Å². The first-order valence-corrected chi connectivity index (χ1v) is 12.9. The number of nitrogens with one attached hydrogen (secondary N) is 2. The molecule has 2 N–H and O–H groups in total. The van der Waals surface area contributed by atoms with Crippen LogP contribution >= 0.6 is 11.6 Å². The number of halogens is 1. The van der Waals surface area contributed by atoms with Crippen LogP contribution in [0.15, 0.2) is 36.4 Å². The van der Waals surface area contributed by atoms with E-state index < -0.39 is 29.6 Å². The molecule has 3 amide bonds. The molecule has 5 unspecified atom stereocenters. The van der Waals surface area contributed by atoms with E-state index in [4.69, 9.17) is 21.1 Å². The summed E-state index contributed by atoms with van der Waals surface area (Å²) in [6.07, 6.45) is 8.95. The molecule has 4 aliphatic rings. The number of hydrogen-bond donors (Lipinski definition) is 2. The minimum absolute atomic E-state index is 0.106. The van der Waals surface area contributed by atoms with Gasteiger partial charge in [0.25, 0.3) is 0 Å². The molecule has 8 nitrogen and oxygen atoms in total. The lowest BCUT2D eigenvalue weighted by Gasteiger charge is -2.34. The van der Waals surface area contributed by atoms with Gasteiger partial charge >= 0.3 is 0 Å². The highest BCUT2D eigenvalue weighted by atomic mass is 35.5. The van der Waals surface area contributed by atoms with Crippen molar-refractivity contribution in [3.63, 3.8) is 0 Å². The van der Waals surface area contributed by atoms with Gasteiger partial charge < -0.3 is 25.0 Å². The van der Waals surface area contributed by atoms with Crippen LogP contribution in [0.5, 0.6) is 0 Å². The molecule has 2 saturated heterocycles. The molecule has 188 valence electrons. The summed E-state index contributed by atoms with van der Waals surface area (Å²) in [5, 5.41) is 6.66. The lowest BCUT2D eigenvalue weighted by atomic mass is 9.74. The average Bonchev–Trinajstić information content (AvgIpc) is 3.49. The van der Waals surface area contributed by atoms with Gasteiger partial charge in [-0.05, 0) is 43.5 Å². The molecular formula is C26H32ClN3O5. The number of nitrogens with zero attached hydrogens (tertiary/aromatic N) is 1. The molecule has 5 atom stereocenters. The second kappa shape index (κ2) is 9.91. The third-order valence-electron chi connectivity index (χ3n) is 7.74. The molecule has 35 heavy (non-hydrogen) atoms. The molecule has 3 fully saturated rings. The van der Waals surface area contributed by atoms with E-state index in [1.807, 2.05) is 12.2 Å². The van der Waals surface area contributed by atoms with E-state index in [2.05, 4.69) is 10.6 Å². The Morgan fingerprint density at radius 2 is 1.91 bits per heavy atom. The Kier molecular flexibility index (Phi) is 6.88. The Bertz CT molecular complexity index is 1010. The van der Waals surface area contributed by atoms with Crippen LogP contribution in [0.25, 0.3) is 0 Å². The number of ether oxygens (including phenoxy) is 2. The van der Waals surface area contributed by atoms with Crippen molar-refractivity contribution in [2.75, 3.05) is 25.6 Å². The maximum Gasteiger partial charge on any atom is 0.246 e. The van der Waals surface area contributed by atoms with Gasteiger partial charge in [-0.25, -0.2) is 0 Å². The first kappa shape index (κ1) is 24.3. The summed E-state index contributed by atoms with van der Waals surface area (Å²) in [4.78, 5) is 42.4. The van der Waals surface area contributed by atoms with Crippen LogP contribution in [0.4, 0.5) is 5.69 Å². The van der Waals surface area contributed by atoms with Crippen molar-refractivity contribution in [2.24, 2.45) is 11.8 Å². The molecule has 1 aliphatic carbocycles. The van der Waals surface area contributed by atoms with Crippen molar-refractivity contribution in [1.82, 2.24) is 10.2 Å². The molecule has 3 heterocycles. The maximum atomic E-state index is 13.8. The third kappa shape index (κ3) is 4.36. The standard InChI is InChI=1S/C26H32ClN3O5/c1-34-15-5-14-30-22(24(32)29-17-6-3-2-4-7-17)26-13-12-19(35-26)20(21(26)25(30)33)23(31)28-18-10-8-16(27)9-11-18/h8-13,17,19-22H,2-7,14-15H2,1H3,(H,28,31)(H,29,32). The van der Waals surface area contributed by atoms with E-state index in [9.17, 15) is 14.4 Å². The number of anilines is 1. The number of benzene rings is 1. The Morgan fingerprint density at radius 1 is 1.17 bits per heavy atom. The van der Waals surface area contributed by atoms with Crippen LogP contribution in [0, 0.1) is 11.8 Å². The number of likely N-dealkylation sites (tertiary alicyclic amines) is 1. The largest absolute Gasteiger partial charge is 0.385 e. The van der Waals surface area contributed by atoms with Gasteiger partial charge in [0.2, 0.25) is 17.7 Å². The first-order chi connectivity index (χ1) is 16.9. The predicted molar refractivity (Wildman–Crippen MR) is 131 cm³/mol. The Balaban J connectivity index is 1.41. The average molecular weight is 502 g/mol. The fraction of sp³-hybridized carbons (Fsp3) is 0.577. The Morgan fingerprint density at radius 3 is 2.63 bits per heavy atom. The van der Waals surface area contributed by atoms with E-state index in [0.29, 0.717) is 30.3 Å². The smallest absolute Gasteiger partial charge is 0.246 e. The molecule has 0 aromatic heterocycles. The molecule has 2 bridgehead atoms. The van der Waals surface area contributed by atoms with E-state index in [1.165, 1.54) is 6.42 Å². The van der Waals surface area contributed by atoms with Gasteiger partial charge in [0.15, 0.2) is 0 Å². The van der Waals surface area contributed by atoms with Crippen LogP contribution in [-0.2, 0) is 23.9 Å². The van der Waals surface area contributed by atoms with Crippen molar-refractivity contribution >= 4 is 35.0 Å². The molecule has 3 aliphatic heterocycles. The molecule has 0 radical (unpaired) electrons. The van der Waals surface area contributed by atoms with Crippen molar-refractivity contribution in [3.05, 3.63) is 41.4 Å². The summed E-state index contributed by atoms with van der Waals surface area (Å²) in [6.45, 7) is 0.833. The maximum absolute atomic E-state index is 13.8. The SMILES string of the molecule is COCCCN1C(=O)C2C(C(=O)Nc3ccc(Cl)cc3)C3C=CC2(O3)C1C(=O)NC1CCCCC1. The van der Waals surface area contributed by atoms with Crippen LogP contribution in [0.3, 0.4) is 0 Å². The molecule has 1 spiro atoms. The van der Waals surface area contributed by atoms with Crippen molar-refractivity contribution in [1.29, 1.82) is 0 Å². The molecule has 1 aromatic carbocycles. The number of hydrogen-bond acceptors (Lipinski definition) is 5. The van der Waals surface area contributed by atoms with Crippen LogP contribution in [-0.4, -0.2) is 66.7 Å². The van der Waals surface area contributed by atoms with E-state index in [-0.39, 0.29) is 23.8 Å². The topological polar surface area (TPSA) is 97.0 Å². The van der Waals surface area contributed by atoms with Gasteiger partial charge in [0, 0.05) is 37.0 Å². The van der Waals surface area contributed by atoms with Crippen LogP contribution < -0.4 is 10.6 Å². The quantitative estimate of drug-likeness (QED) is 0.421. The van der Waals surface area contributed by atoms with E-state index in [1.54, 1.807) is 36.3 Å². The molecule has 9 heteroatoms. The number of amides is 3. The van der Waals surface area contributed by atoms with Crippen LogP contribution in [0.1, 0.15) is 38.5 Å². The minimum Gasteiger partial charge on any atom is -0.385 e. The van der Waals surface area contributed by atoms with Gasteiger partial charge in [-0.15, -0.1) is 0 Å². The zero-order valence-electron chi connectivity index (χ0n) is 19.9. The second-order valence-electron chi connectivity index (χ2n) is 9.92. The van der Waals surface area contributed by atoms with Crippen molar-refractivity contribution in [2.45, 2.75) is 62.3 Å². The zero-order valence-corrected chi connectivity index (χ0v) is 20.6. The number of rotatable bonds is 8. The normalized spacial score (nSPS) is 31.6. The number of carbonyl (C=O) groups is 3. The molecular weight excluding hydrogens is 470 g/mol. The third-order valence-corrected chi connectivity index (χ3v) is 7.99. The summed E-state index contributed by atoms with van der Waals surface area (Å²) in [7, 11) is 1.61. The fourth-order valence-electron chi connectivity index (χ4n) is 6.17. The van der Waals surface area contributed by atoms with Crippen molar-refractivity contribution < 1.29 is 23.9 Å². The number of methoxy groups -OCH3 is 1. The van der Waals surface area contributed by atoms with Gasteiger partial charge in [-0.3, -0.25) is 14.4 Å². The highest BCUT2D eigenvalue weighted by molar-refractivity contribution is 6.30. The van der Waals surface area contributed by atoms with Crippen LogP contribution in [0.2, 0.25) is 5.02 Å². The molecule has 5 rings (SSSR count). The van der Waals surface area contributed by atoms with Gasteiger partial charge in [0.1, 0.15) is 11.6 Å². The fourth-order valence-corrected chi connectivity index (χ4v) is 6.30. The number of carbonyl (C=O) groups excluding carboxylic acids is 3. The number of fused-ring (bicyclic) bond motifs is 1.